The lowest BCUT2D eigenvalue weighted by atomic mass is 10.1. The predicted molar refractivity (Wildman–Crippen MR) is 99.8 cm³/mol. The molecule has 2 atom stereocenters. The molecule has 0 radical (unpaired) electrons. The van der Waals surface area contributed by atoms with E-state index in [1.54, 1.807) is 24.0 Å². The first-order valence-corrected chi connectivity index (χ1v) is 8.71. The molecule has 2 N–H and O–H groups in total. The zero-order chi connectivity index (χ0) is 18.4. The second-order valence-electron chi connectivity index (χ2n) is 6.24. The molecule has 1 saturated heterocycles. The van der Waals surface area contributed by atoms with E-state index < -0.39 is 12.1 Å². The van der Waals surface area contributed by atoms with Gasteiger partial charge >= 0.3 is 6.03 Å². The second-order valence-corrected chi connectivity index (χ2v) is 6.24. The molecule has 6 nitrogen and oxygen atoms in total. The van der Waals surface area contributed by atoms with Gasteiger partial charge in [-0.05, 0) is 24.6 Å². The number of urea groups is 1. The largest absolute Gasteiger partial charge is 0.370 e. The van der Waals surface area contributed by atoms with Gasteiger partial charge in [0.25, 0.3) is 0 Å². The van der Waals surface area contributed by atoms with E-state index in [0.29, 0.717) is 25.4 Å². The zero-order valence-electron chi connectivity index (χ0n) is 14.7. The lowest BCUT2D eigenvalue weighted by molar-refractivity contribution is -0.140. The first kappa shape index (κ1) is 17.9. The highest BCUT2D eigenvalue weighted by molar-refractivity contribution is 5.93. The maximum Gasteiger partial charge on any atom is 0.319 e. The minimum Gasteiger partial charge on any atom is -0.370 e. The second kappa shape index (κ2) is 8.49. The summed E-state index contributed by atoms with van der Waals surface area (Å²) in [4.78, 5) is 26.5. The van der Waals surface area contributed by atoms with E-state index in [1.165, 1.54) is 0 Å². The molecule has 0 spiro atoms. The van der Waals surface area contributed by atoms with Gasteiger partial charge in [-0.15, -0.1) is 0 Å². The van der Waals surface area contributed by atoms with E-state index in [0.717, 1.165) is 5.56 Å². The molecule has 1 aliphatic heterocycles. The van der Waals surface area contributed by atoms with Crippen LogP contribution >= 0.6 is 0 Å². The number of morpholine rings is 1. The first-order valence-electron chi connectivity index (χ1n) is 8.71. The van der Waals surface area contributed by atoms with Gasteiger partial charge in [0.1, 0.15) is 12.1 Å². The Morgan fingerprint density at radius 1 is 1.08 bits per heavy atom. The molecular weight excluding hydrogens is 330 g/mol. The zero-order valence-corrected chi connectivity index (χ0v) is 14.7. The maximum absolute atomic E-state index is 12.7. The normalized spacial score (nSPS) is 18.0. The molecule has 26 heavy (non-hydrogen) atoms. The first-order chi connectivity index (χ1) is 12.6. The maximum atomic E-state index is 12.7. The van der Waals surface area contributed by atoms with Crippen molar-refractivity contribution in [2.75, 3.05) is 25.0 Å². The monoisotopic (exact) mass is 353 g/mol. The number of hydrogen-bond acceptors (Lipinski definition) is 3. The predicted octanol–water partition coefficient (Wildman–Crippen LogP) is 2.80. The lowest BCUT2D eigenvalue weighted by Crippen LogP contribution is -2.51. The third kappa shape index (κ3) is 4.61. The average molecular weight is 353 g/mol. The minimum atomic E-state index is -0.617. The van der Waals surface area contributed by atoms with Crippen molar-refractivity contribution in [2.45, 2.75) is 19.1 Å². The summed E-state index contributed by atoms with van der Waals surface area (Å²) in [6.45, 7) is 3.18. The Morgan fingerprint density at radius 3 is 2.42 bits per heavy atom. The highest BCUT2D eigenvalue weighted by Gasteiger charge is 2.28. The van der Waals surface area contributed by atoms with Crippen LogP contribution in [0.1, 0.15) is 18.6 Å². The number of benzene rings is 2. The van der Waals surface area contributed by atoms with Gasteiger partial charge in [-0.2, -0.15) is 0 Å². The fourth-order valence-corrected chi connectivity index (χ4v) is 2.94. The summed E-state index contributed by atoms with van der Waals surface area (Å²) < 4.78 is 5.79. The van der Waals surface area contributed by atoms with Crippen LogP contribution in [0.15, 0.2) is 60.7 Å². The van der Waals surface area contributed by atoms with E-state index in [-0.39, 0.29) is 12.0 Å². The van der Waals surface area contributed by atoms with Gasteiger partial charge in [-0.3, -0.25) is 4.79 Å². The summed E-state index contributed by atoms with van der Waals surface area (Å²) in [5.74, 6) is -0.113. The van der Waals surface area contributed by atoms with Crippen molar-refractivity contribution in [1.82, 2.24) is 10.2 Å². The third-order valence-electron chi connectivity index (χ3n) is 4.30. The molecule has 0 saturated carbocycles. The molecule has 3 rings (SSSR count). The summed E-state index contributed by atoms with van der Waals surface area (Å²) in [5.41, 5.74) is 1.73. The van der Waals surface area contributed by atoms with Crippen molar-refractivity contribution < 1.29 is 14.3 Å². The Bertz CT molecular complexity index is 736. The molecule has 136 valence electrons. The Morgan fingerprint density at radius 2 is 1.73 bits per heavy atom. The van der Waals surface area contributed by atoms with Crippen LogP contribution in [0.25, 0.3) is 0 Å². The van der Waals surface area contributed by atoms with Crippen molar-refractivity contribution in [3.63, 3.8) is 0 Å². The number of hydrogen-bond donors (Lipinski definition) is 2. The molecule has 1 heterocycles. The summed E-state index contributed by atoms with van der Waals surface area (Å²) in [5, 5.41) is 5.42. The smallest absolute Gasteiger partial charge is 0.319 e. The van der Waals surface area contributed by atoms with Gasteiger partial charge in [-0.25, -0.2) is 4.79 Å². The molecule has 1 fully saturated rings. The Balaban J connectivity index is 1.55. The van der Waals surface area contributed by atoms with E-state index in [2.05, 4.69) is 10.6 Å². The molecule has 6 heteroatoms. The highest BCUT2D eigenvalue weighted by atomic mass is 16.5. The minimum absolute atomic E-state index is 0.113. The molecule has 2 aromatic carbocycles. The molecule has 2 aromatic rings. The van der Waals surface area contributed by atoms with Gasteiger partial charge in [0.2, 0.25) is 5.91 Å². The van der Waals surface area contributed by atoms with Crippen LogP contribution in [0.4, 0.5) is 10.5 Å². The number of anilines is 1. The number of para-hydroxylation sites is 1. The van der Waals surface area contributed by atoms with Crippen LogP contribution in [0, 0.1) is 0 Å². The number of carbonyl (C=O) groups is 2. The van der Waals surface area contributed by atoms with Crippen LogP contribution < -0.4 is 10.6 Å². The molecule has 1 unspecified atom stereocenters. The van der Waals surface area contributed by atoms with Crippen molar-refractivity contribution in [3.8, 4) is 0 Å². The van der Waals surface area contributed by atoms with Crippen LogP contribution in [-0.4, -0.2) is 42.6 Å². The summed E-state index contributed by atoms with van der Waals surface area (Å²) in [6, 6.07) is 18.0. The fraction of sp³-hybridized carbons (Fsp3) is 0.300. The number of amides is 3. The molecule has 0 aliphatic carbocycles. The van der Waals surface area contributed by atoms with Crippen LogP contribution in [0.2, 0.25) is 0 Å². The van der Waals surface area contributed by atoms with Crippen LogP contribution in [0.3, 0.4) is 0 Å². The van der Waals surface area contributed by atoms with Crippen LogP contribution in [0.5, 0.6) is 0 Å². The Labute approximate surface area is 153 Å². The molecule has 0 bridgehead atoms. The number of ether oxygens (including phenoxy) is 1. The van der Waals surface area contributed by atoms with Crippen molar-refractivity contribution in [2.24, 2.45) is 0 Å². The topological polar surface area (TPSA) is 70.7 Å². The van der Waals surface area contributed by atoms with Gasteiger partial charge in [-0.1, -0.05) is 48.5 Å². The highest BCUT2D eigenvalue weighted by Crippen LogP contribution is 2.22. The van der Waals surface area contributed by atoms with Crippen molar-refractivity contribution in [1.29, 1.82) is 0 Å². The van der Waals surface area contributed by atoms with E-state index in [1.807, 2.05) is 48.5 Å². The standard InChI is InChI=1S/C20H23N3O3/c1-15(21-20(25)22-17-10-6-3-7-11-17)19(24)23-12-13-26-18(14-23)16-8-4-2-5-9-16/h2-11,15,18H,12-14H2,1H3,(H2,21,22,25)/t15-,18?/m1/s1. The third-order valence-corrected chi connectivity index (χ3v) is 4.30. The van der Waals surface area contributed by atoms with Crippen molar-refractivity contribution in [3.05, 3.63) is 66.2 Å². The van der Waals surface area contributed by atoms with Gasteiger partial charge in [0, 0.05) is 12.2 Å². The number of carbonyl (C=O) groups excluding carboxylic acids is 2. The number of rotatable bonds is 4. The van der Waals surface area contributed by atoms with E-state index in [4.69, 9.17) is 4.74 Å². The summed E-state index contributed by atoms with van der Waals surface area (Å²) >= 11 is 0. The number of nitrogens with one attached hydrogen (secondary N) is 2. The van der Waals surface area contributed by atoms with Crippen molar-refractivity contribution >= 4 is 17.6 Å². The fourth-order valence-electron chi connectivity index (χ4n) is 2.94. The van der Waals surface area contributed by atoms with E-state index >= 15 is 0 Å². The van der Waals surface area contributed by atoms with Gasteiger partial charge in [0.15, 0.2) is 0 Å². The average Bonchev–Trinajstić information content (AvgIpc) is 2.69. The Kier molecular flexibility index (Phi) is 5.86. The Hall–Kier alpha value is -2.86. The molecule has 1 aliphatic rings. The number of nitrogens with zero attached hydrogens (tertiary/aromatic N) is 1. The quantitative estimate of drug-likeness (QED) is 0.888. The summed E-state index contributed by atoms with van der Waals surface area (Å²) in [7, 11) is 0. The van der Waals surface area contributed by atoms with Gasteiger partial charge in [0.05, 0.1) is 13.2 Å². The van der Waals surface area contributed by atoms with E-state index in [9.17, 15) is 9.59 Å². The molecule has 3 amide bonds. The SMILES string of the molecule is C[C@@H](NC(=O)Nc1ccccc1)C(=O)N1CCOC(c2ccccc2)C1. The molecule has 0 aromatic heterocycles. The summed E-state index contributed by atoms with van der Waals surface area (Å²) in [6.07, 6.45) is -0.140. The van der Waals surface area contributed by atoms with Gasteiger partial charge < -0.3 is 20.3 Å². The van der Waals surface area contributed by atoms with Crippen LogP contribution in [-0.2, 0) is 9.53 Å². The lowest BCUT2D eigenvalue weighted by Gasteiger charge is -2.34. The molecular formula is C20H23N3O3.